The van der Waals surface area contributed by atoms with Crippen molar-refractivity contribution in [3.05, 3.63) is 52.2 Å². The third-order valence-corrected chi connectivity index (χ3v) is 3.15. The van der Waals surface area contributed by atoms with Crippen molar-refractivity contribution in [2.45, 2.75) is 13.0 Å². The molecule has 0 radical (unpaired) electrons. The number of ether oxygens (including phenoxy) is 1. The maximum atomic E-state index is 6.15. The maximum Gasteiger partial charge on any atom is 0.119 e. The van der Waals surface area contributed by atoms with E-state index in [0.717, 1.165) is 16.9 Å². The zero-order chi connectivity index (χ0) is 11.4. The molecular weight excluding hydrogens is 218 g/mol. The average molecular weight is 233 g/mol. The third kappa shape index (κ3) is 2.43. The lowest BCUT2D eigenvalue weighted by atomic mass is 10.0. The molecule has 0 aliphatic rings. The predicted octanol–water partition coefficient (Wildman–Crippen LogP) is 3.19. The molecule has 3 heteroatoms. The molecule has 0 aliphatic heterocycles. The van der Waals surface area contributed by atoms with Gasteiger partial charge in [-0.1, -0.05) is 12.1 Å². The Kier molecular flexibility index (Phi) is 3.59. The molecule has 2 nitrogen and oxygen atoms in total. The minimum atomic E-state index is -0.0399. The van der Waals surface area contributed by atoms with Gasteiger partial charge in [-0.2, -0.15) is 11.3 Å². The van der Waals surface area contributed by atoms with Crippen molar-refractivity contribution in [3.63, 3.8) is 0 Å². The highest BCUT2D eigenvalue weighted by molar-refractivity contribution is 7.08. The fourth-order valence-corrected chi connectivity index (χ4v) is 2.28. The van der Waals surface area contributed by atoms with E-state index in [-0.39, 0.29) is 6.04 Å². The zero-order valence-electron chi connectivity index (χ0n) is 9.22. The Labute approximate surface area is 99.7 Å². The molecular formula is C13H15NOS. The van der Waals surface area contributed by atoms with Gasteiger partial charge in [0.15, 0.2) is 0 Å². The van der Waals surface area contributed by atoms with Crippen LogP contribution >= 0.6 is 11.3 Å². The highest BCUT2D eigenvalue weighted by Crippen LogP contribution is 2.23. The van der Waals surface area contributed by atoms with E-state index in [1.54, 1.807) is 11.3 Å². The van der Waals surface area contributed by atoms with Gasteiger partial charge < -0.3 is 10.5 Å². The van der Waals surface area contributed by atoms with E-state index in [1.807, 2.05) is 36.6 Å². The van der Waals surface area contributed by atoms with Crippen LogP contribution in [0.1, 0.15) is 24.1 Å². The molecule has 2 aromatic rings. The summed E-state index contributed by atoms with van der Waals surface area (Å²) in [7, 11) is 0. The molecule has 0 saturated heterocycles. The van der Waals surface area contributed by atoms with E-state index in [9.17, 15) is 0 Å². The summed E-state index contributed by atoms with van der Waals surface area (Å²) >= 11 is 1.67. The maximum absolute atomic E-state index is 6.15. The Balaban J connectivity index is 2.15. The van der Waals surface area contributed by atoms with Gasteiger partial charge in [-0.05, 0) is 47.0 Å². The zero-order valence-corrected chi connectivity index (χ0v) is 10.0. The van der Waals surface area contributed by atoms with Crippen molar-refractivity contribution in [2.75, 3.05) is 6.61 Å². The summed E-state index contributed by atoms with van der Waals surface area (Å²) in [6.07, 6.45) is 0. The van der Waals surface area contributed by atoms with Gasteiger partial charge in [-0.3, -0.25) is 0 Å². The normalized spacial score (nSPS) is 12.4. The van der Waals surface area contributed by atoms with Crippen molar-refractivity contribution in [1.82, 2.24) is 0 Å². The van der Waals surface area contributed by atoms with Gasteiger partial charge >= 0.3 is 0 Å². The van der Waals surface area contributed by atoms with Gasteiger partial charge in [0.2, 0.25) is 0 Å². The minimum absolute atomic E-state index is 0.0399. The van der Waals surface area contributed by atoms with Gasteiger partial charge in [0.1, 0.15) is 5.75 Å². The van der Waals surface area contributed by atoms with Crippen LogP contribution in [0, 0.1) is 0 Å². The molecule has 1 heterocycles. The van der Waals surface area contributed by atoms with Crippen LogP contribution in [-0.4, -0.2) is 6.61 Å². The first-order valence-corrected chi connectivity index (χ1v) is 6.26. The molecule has 84 valence electrons. The van der Waals surface area contributed by atoms with E-state index >= 15 is 0 Å². The molecule has 0 aliphatic carbocycles. The van der Waals surface area contributed by atoms with Crippen LogP contribution < -0.4 is 10.5 Å². The van der Waals surface area contributed by atoms with E-state index in [0.29, 0.717) is 6.61 Å². The molecule has 0 spiro atoms. The summed E-state index contributed by atoms with van der Waals surface area (Å²) < 4.78 is 5.39. The summed E-state index contributed by atoms with van der Waals surface area (Å²) in [5.74, 6) is 0.892. The lowest BCUT2D eigenvalue weighted by Crippen LogP contribution is -2.10. The van der Waals surface area contributed by atoms with Crippen molar-refractivity contribution in [2.24, 2.45) is 5.73 Å². The van der Waals surface area contributed by atoms with Gasteiger partial charge in [0, 0.05) is 0 Å². The second-order valence-electron chi connectivity index (χ2n) is 3.54. The largest absolute Gasteiger partial charge is 0.494 e. The topological polar surface area (TPSA) is 35.2 Å². The molecule has 1 aromatic carbocycles. The van der Waals surface area contributed by atoms with E-state index < -0.39 is 0 Å². The van der Waals surface area contributed by atoms with Gasteiger partial charge in [-0.15, -0.1) is 0 Å². The van der Waals surface area contributed by atoms with E-state index in [1.165, 1.54) is 0 Å². The van der Waals surface area contributed by atoms with Crippen molar-refractivity contribution >= 4 is 11.3 Å². The number of thiophene rings is 1. The standard InChI is InChI=1S/C13H15NOS/c1-2-15-12-5-3-10(4-6-12)13(14)11-7-8-16-9-11/h3-9,13H,2,14H2,1H3. The fraction of sp³-hybridized carbons (Fsp3) is 0.231. The van der Waals surface area contributed by atoms with Gasteiger partial charge in [0.05, 0.1) is 12.6 Å². The highest BCUT2D eigenvalue weighted by atomic mass is 32.1. The molecule has 0 saturated carbocycles. The number of nitrogens with two attached hydrogens (primary N) is 1. The van der Waals surface area contributed by atoms with Crippen LogP contribution in [0.4, 0.5) is 0 Å². The van der Waals surface area contributed by atoms with Crippen LogP contribution in [0.25, 0.3) is 0 Å². The molecule has 2 N–H and O–H groups in total. The van der Waals surface area contributed by atoms with Crippen molar-refractivity contribution in [3.8, 4) is 5.75 Å². The van der Waals surface area contributed by atoms with Crippen LogP contribution in [0.3, 0.4) is 0 Å². The molecule has 0 amide bonds. The Morgan fingerprint density at radius 1 is 1.19 bits per heavy atom. The fourth-order valence-electron chi connectivity index (χ4n) is 1.58. The number of benzene rings is 1. The summed E-state index contributed by atoms with van der Waals surface area (Å²) in [5, 5.41) is 4.13. The smallest absolute Gasteiger partial charge is 0.119 e. The third-order valence-electron chi connectivity index (χ3n) is 2.45. The lowest BCUT2D eigenvalue weighted by molar-refractivity contribution is 0.340. The van der Waals surface area contributed by atoms with Crippen molar-refractivity contribution in [1.29, 1.82) is 0 Å². The molecule has 1 aromatic heterocycles. The minimum Gasteiger partial charge on any atom is -0.494 e. The summed E-state index contributed by atoms with van der Waals surface area (Å²) in [5.41, 5.74) is 8.42. The Bertz CT molecular complexity index is 422. The Morgan fingerprint density at radius 2 is 1.94 bits per heavy atom. The van der Waals surface area contributed by atoms with Crippen LogP contribution in [0.5, 0.6) is 5.75 Å². The molecule has 1 unspecified atom stereocenters. The second kappa shape index (κ2) is 5.14. The van der Waals surface area contributed by atoms with Crippen LogP contribution in [-0.2, 0) is 0 Å². The predicted molar refractivity (Wildman–Crippen MR) is 68.0 cm³/mol. The molecule has 2 rings (SSSR count). The Hall–Kier alpha value is -1.32. The Morgan fingerprint density at radius 3 is 2.50 bits per heavy atom. The number of hydrogen-bond acceptors (Lipinski definition) is 3. The average Bonchev–Trinajstić information content (AvgIpc) is 2.83. The number of hydrogen-bond donors (Lipinski definition) is 1. The second-order valence-corrected chi connectivity index (χ2v) is 4.32. The molecule has 0 bridgehead atoms. The molecule has 16 heavy (non-hydrogen) atoms. The summed E-state index contributed by atoms with van der Waals surface area (Å²) in [4.78, 5) is 0. The SMILES string of the molecule is CCOc1ccc(C(N)c2ccsc2)cc1. The van der Waals surface area contributed by atoms with E-state index in [2.05, 4.69) is 11.4 Å². The summed E-state index contributed by atoms with van der Waals surface area (Å²) in [6, 6.07) is 9.99. The van der Waals surface area contributed by atoms with Gasteiger partial charge in [0.25, 0.3) is 0 Å². The first-order valence-electron chi connectivity index (χ1n) is 5.31. The van der Waals surface area contributed by atoms with Crippen molar-refractivity contribution < 1.29 is 4.74 Å². The lowest BCUT2D eigenvalue weighted by Gasteiger charge is -2.11. The first kappa shape index (κ1) is 11.2. The van der Waals surface area contributed by atoms with Crippen LogP contribution in [0.2, 0.25) is 0 Å². The molecule has 0 fully saturated rings. The molecule has 1 atom stereocenters. The van der Waals surface area contributed by atoms with Gasteiger partial charge in [-0.25, -0.2) is 0 Å². The van der Waals surface area contributed by atoms with Crippen LogP contribution in [0.15, 0.2) is 41.1 Å². The number of rotatable bonds is 4. The van der Waals surface area contributed by atoms with E-state index in [4.69, 9.17) is 10.5 Å². The quantitative estimate of drug-likeness (QED) is 0.880. The monoisotopic (exact) mass is 233 g/mol. The summed E-state index contributed by atoms with van der Waals surface area (Å²) in [6.45, 7) is 2.67. The highest BCUT2D eigenvalue weighted by Gasteiger charge is 2.08. The first-order chi connectivity index (χ1) is 7.81.